The first kappa shape index (κ1) is 15.7. The number of hydrogen-bond donors (Lipinski definition) is 1. The Labute approximate surface area is 130 Å². The molecule has 1 N–H and O–H groups in total. The molecule has 0 bridgehead atoms. The van der Waals surface area contributed by atoms with Crippen molar-refractivity contribution < 1.29 is 4.79 Å². The highest BCUT2D eigenvalue weighted by Gasteiger charge is 2.11. The molecule has 21 heavy (non-hydrogen) atoms. The van der Waals surface area contributed by atoms with E-state index in [1.807, 2.05) is 19.2 Å². The first-order chi connectivity index (χ1) is 10.0. The number of hydrogen-bond acceptors (Lipinski definition) is 3. The van der Waals surface area contributed by atoms with Crippen LogP contribution in [0.15, 0.2) is 29.6 Å². The van der Waals surface area contributed by atoms with E-state index in [-0.39, 0.29) is 11.8 Å². The zero-order valence-electron chi connectivity index (χ0n) is 13.0. The number of carbonyl (C=O) groups excluding carboxylic acids is 1. The third kappa shape index (κ3) is 3.91. The molecule has 112 valence electrons. The molecule has 1 heterocycles. The van der Waals surface area contributed by atoms with Gasteiger partial charge in [-0.25, -0.2) is 4.98 Å². The van der Waals surface area contributed by atoms with Gasteiger partial charge in [0.2, 0.25) is 5.91 Å². The van der Waals surface area contributed by atoms with Gasteiger partial charge in [0, 0.05) is 16.9 Å². The molecule has 0 saturated heterocycles. The molecule has 3 nitrogen and oxygen atoms in total. The Morgan fingerprint density at radius 2 is 1.90 bits per heavy atom. The number of benzene rings is 1. The summed E-state index contributed by atoms with van der Waals surface area (Å²) in [7, 11) is 0. The summed E-state index contributed by atoms with van der Waals surface area (Å²) in [5, 5.41) is 5.48. The maximum absolute atomic E-state index is 11.7. The van der Waals surface area contributed by atoms with Crippen LogP contribution in [0, 0.1) is 5.92 Å². The molecule has 1 aromatic heterocycles. The Morgan fingerprint density at radius 3 is 2.48 bits per heavy atom. The van der Waals surface area contributed by atoms with Gasteiger partial charge in [0.05, 0.1) is 5.69 Å². The molecule has 1 unspecified atom stereocenters. The minimum absolute atomic E-state index is 0.00279. The molecule has 0 aliphatic rings. The summed E-state index contributed by atoms with van der Waals surface area (Å²) in [6.07, 6.45) is 1.14. The number of nitrogens with one attached hydrogen (secondary N) is 1. The van der Waals surface area contributed by atoms with Crippen LogP contribution in [-0.4, -0.2) is 10.9 Å². The second kappa shape index (κ2) is 6.85. The predicted molar refractivity (Wildman–Crippen MR) is 89.7 cm³/mol. The van der Waals surface area contributed by atoms with Crippen molar-refractivity contribution in [1.82, 2.24) is 4.98 Å². The highest BCUT2D eigenvalue weighted by Crippen LogP contribution is 2.27. The van der Waals surface area contributed by atoms with E-state index in [2.05, 4.69) is 48.4 Å². The normalized spacial score (nSPS) is 12.4. The van der Waals surface area contributed by atoms with Gasteiger partial charge in [-0.3, -0.25) is 4.79 Å². The largest absolute Gasteiger partial charge is 0.302 e. The summed E-state index contributed by atoms with van der Waals surface area (Å²) in [6.45, 7) is 8.18. The monoisotopic (exact) mass is 302 g/mol. The van der Waals surface area contributed by atoms with Crippen LogP contribution in [0.25, 0.3) is 11.3 Å². The van der Waals surface area contributed by atoms with Crippen molar-refractivity contribution >= 4 is 22.4 Å². The number of aromatic nitrogens is 1. The number of anilines is 1. The highest BCUT2D eigenvalue weighted by molar-refractivity contribution is 7.14. The summed E-state index contributed by atoms with van der Waals surface area (Å²) in [4.78, 5) is 16.2. The van der Waals surface area contributed by atoms with E-state index in [1.165, 1.54) is 16.9 Å². The average molecular weight is 302 g/mol. The lowest BCUT2D eigenvalue weighted by Crippen LogP contribution is -2.17. The van der Waals surface area contributed by atoms with Crippen molar-refractivity contribution in [3.63, 3.8) is 0 Å². The Bertz CT molecular complexity index is 602. The zero-order valence-corrected chi connectivity index (χ0v) is 13.8. The lowest BCUT2D eigenvalue weighted by Gasteiger charge is -2.09. The van der Waals surface area contributed by atoms with Gasteiger partial charge in [-0.05, 0) is 17.9 Å². The number of carbonyl (C=O) groups is 1. The van der Waals surface area contributed by atoms with Gasteiger partial charge < -0.3 is 5.32 Å². The summed E-state index contributed by atoms with van der Waals surface area (Å²) in [5.41, 5.74) is 3.35. The molecule has 0 radical (unpaired) electrons. The van der Waals surface area contributed by atoms with E-state index in [9.17, 15) is 4.79 Å². The minimum Gasteiger partial charge on any atom is -0.302 e. The van der Waals surface area contributed by atoms with Gasteiger partial charge in [-0.2, -0.15) is 0 Å². The molecule has 0 fully saturated rings. The third-order valence-corrected chi connectivity index (χ3v) is 4.40. The van der Waals surface area contributed by atoms with Gasteiger partial charge in [0.1, 0.15) is 0 Å². The molecule has 1 amide bonds. The fourth-order valence-electron chi connectivity index (χ4n) is 1.93. The van der Waals surface area contributed by atoms with Crippen LogP contribution in [0.4, 0.5) is 5.13 Å². The van der Waals surface area contributed by atoms with Crippen molar-refractivity contribution in [3.05, 3.63) is 35.2 Å². The molecule has 4 heteroatoms. The summed E-state index contributed by atoms with van der Waals surface area (Å²) < 4.78 is 0. The van der Waals surface area contributed by atoms with Crippen molar-refractivity contribution in [2.24, 2.45) is 5.92 Å². The Hall–Kier alpha value is -1.68. The first-order valence-corrected chi connectivity index (χ1v) is 8.26. The second-order valence-electron chi connectivity index (χ2n) is 5.61. The van der Waals surface area contributed by atoms with Crippen LogP contribution in [0.5, 0.6) is 0 Å². The fraction of sp³-hybridized carbons (Fsp3) is 0.412. The average Bonchev–Trinajstić information content (AvgIpc) is 2.95. The molecular weight excluding hydrogens is 280 g/mol. The molecule has 0 aliphatic heterocycles. The Balaban J connectivity index is 2.12. The summed E-state index contributed by atoms with van der Waals surface area (Å²) in [6, 6.07) is 8.53. The maximum Gasteiger partial charge on any atom is 0.228 e. The predicted octanol–water partition coefficient (Wildman–Crippen LogP) is 4.92. The van der Waals surface area contributed by atoms with E-state index in [0.29, 0.717) is 11.0 Å². The molecular formula is C17H22N2OS. The SMILES string of the molecule is CCC(C)c1ccc(-c2csc(NC(=O)C(C)C)n2)cc1. The standard InChI is InChI=1S/C17H22N2OS/c1-5-12(4)13-6-8-14(9-7-13)15-10-21-17(18-15)19-16(20)11(2)3/h6-12H,5H2,1-4H3,(H,18,19,20). The molecule has 0 aliphatic carbocycles. The molecule has 2 rings (SSSR count). The molecule has 1 atom stereocenters. The topological polar surface area (TPSA) is 42.0 Å². The molecule has 0 spiro atoms. The van der Waals surface area contributed by atoms with Crippen LogP contribution in [0.1, 0.15) is 45.6 Å². The van der Waals surface area contributed by atoms with E-state index >= 15 is 0 Å². The Morgan fingerprint density at radius 1 is 1.24 bits per heavy atom. The number of rotatable bonds is 5. The van der Waals surface area contributed by atoms with Crippen LogP contribution < -0.4 is 5.32 Å². The molecule has 2 aromatic rings. The van der Waals surface area contributed by atoms with E-state index in [4.69, 9.17) is 0 Å². The van der Waals surface area contributed by atoms with Gasteiger partial charge >= 0.3 is 0 Å². The summed E-state index contributed by atoms with van der Waals surface area (Å²) in [5.74, 6) is 0.547. The quantitative estimate of drug-likeness (QED) is 0.852. The van der Waals surface area contributed by atoms with Crippen molar-refractivity contribution in [2.75, 3.05) is 5.32 Å². The second-order valence-corrected chi connectivity index (χ2v) is 6.47. The van der Waals surface area contributed by atoms with Crippen LogP contribution in [-0.2, 0) is 4.79 Å². The zero-order chi connectivity index (χ0) is 15.4. The Kier molecular flexibility index (Phi) is 5.12. The van der Waals surface area contributed by atoms with E-state index in [0.717, 1.165) is 17.7 Å². The van der Waals surface area contributed by atoms with E-state index < -0.39 is 0 Å². The third-order valence-electron chi connectivity index (χ3n) is 3.65. The number of thiazole rings is 1. The first-order valence-electron chi connectivity index (χ1n) is 7.38. The van der Waals surface area contributed by atoms with Crippen LogP contribution in [0.3, 0.4) is 0 Å². The van der Waals surface area contributed by atoms with Gasteiger partial charge in [-0.1, -0.05) is 52.0 Å². The van der Waals surface area contributed by atoms with Crippen LogP contribution >= 0.6 is 11.3 Å². The lowest BCUT2D eigenvalue weighted by molar-refractivity contribution is -0.118. The molecule has 1 aromatic carbocycles. The summed E-state index contributed by atoms with van der Waals surface area (Å²) >= 11 is 1.46. The molecule has 0 saturated carbocycles. The number of amides is 1. The fourth-order valence-corrected chi connectivity index (χ4v) is 2.65. The van der Waals surface area contributed by atoms with E-state index in [1.54, 1.807) is 0 Å². The lowest BCUT2D eigenvalue weighted by atomic mass is 9.97. The van der Waals surface area contributed by atoms with Crippen molar-refractivity contribution in [2.45, 2.75) is 40.0 Å². The minimum atomic E-state index is -0.0350. The van der Waals surface area contributed by atoms with Gasteiger partial charge in [0.15, 0.2) is 5.13 Å². The number of nitrogens with zero attached hydrogens (tertiary/aromatic N) is 1. The van der Waals surface area contributed by atoms with Gasteiger partial charge in [-0.15, -0.1) is 11.3 Å². The maximum atomic E-state index is 11.7. The highest BCUT2D eigenvalue weighted by atomic mass is 32.1. The van der Waals surface area contributed by atoms with Crippen LogP contribution in [0.2, 0.25) is 0 Å². The van der Waals surface area contributed by atoms with Crippen molar-refractivity contribution in [1.29, 1.82) is 0 Å². The van der Waals surface area contributed by atoms with Gasteiger partial charge in [0.25, 0.3) is 0 Å². The van der Waals surface area contributed by atoms with Crippen molar-refractivity contribution in [3.8, 4) is 11.3 Å². The smallest absolute Gasteiger partial charge is 0.228 e.